The Morgan fingerprint density at radius 1 is 1.10 bits per heavy atom. The number of anilines is 1. The Labute approximate surface area is 189 Å². The van der Waals surface area contributed by atoms with Gasteiger partial charge in [-0.15, -0.1) is 11.6 Å². The SMILES string of the molecule is CC(C)(C)c1ccc(N(C(=O)CCl)C(C(=O)NC2CCCCC2)c2ccnnc2)cc1. The molecule has 1 aromatic carbocycles. The second-order valence-electron chi connectivity index (χ2n) is 9.12. The van der Waals surface area contributed by atoms with Gasteiger partial charge in [0.2, 0.25) is 11.8 Å². The van der Waals surface area contributed by atoms with Crippen LogP contribution in [0.1, 0.15) is 70.0 Å². The fourth-order valence-electron chi connectivity index (χ4n) is 4.03. The van der Waals surface area contributed by atoms with Gasteiger partial charge in [-0.05, 0) is 42.0 Å². The van der Waals surface area contributed by atoms with Crippen molar-refractivity contribution in [2.24, 2.45) is 0 Å². The van der Waals surface area contributed by atoms with Gasteiger partial charge in [0.15, 0.2) is 0 Å². The van der Waals surface area contributed by atoms with Crippen molar-refractivity contribution in [2.75, 3.05) is 10.8 Å². The summed E-state index contributed by atoms with van der Waals surface area (Å²) in [6, 6.07) is 8.70. The first kappa shape index (κ1) is 23.2. The van der Waals surface area contributed by atoms with Crippen molar-refractivity contribution in [1.82, 2.24) is 15.5 Å². The fourth-order valence-corrected chi connectivity index (χ4v) is 4.16. The van der Waals surface area contributed by atoms with Crippen molar-refractivity contribution in [2.45, 2.75) is 70.4 Å². The van der Waals surface area contributed by atoms with Crippen molar-refractivity contribution in [3.05, 3.63) is 53.9 Å². The van der Waals surface area contributed by atoms with Crippen LogP contribution in [0.5, 0.6) is 0 Å². The van der Waals surface area contributed by atoms with Gasteiger partial charge in [0.25, 0.3) is 0 Å². The van der Waals surface area contributed by atoms with E-state index in [0.29, 0.717) is 11.3 Å². The van der Waals surface area contributed by atoms with Gasteiger partial charge in [-0.25, -0.2) is 0 Å². The lowest BCUT2D eigenvalue weighted by atomic mass is 9.87. The molecule has 1 atom stereocenters. The lowest BCUT2D eigenvalue weighted by molar-refractivity contribution is -0.126. The van der Waals surface area contributed by atoms with Crippen molar-refractivity contribution in [3.63, 3.8) is 0 Å². The van der Waals surface area contributed by atoms with Gasteiger partial charge in [0.05, 0.1) is 6.20 Å². The Morgan fingerprint density at radius 3 is 2.32 bits per heavy atom. The number of carbonyl (C=O) groups is 2. The maximum absolute atomic E-state index is 13.5. The number of nitrogens with one attached hydrogen (secondary N) is 1. The number of halogens is 1. The van der Waals surface area contributed by atoms with Gasteiger partial charge < -0.3 is 5.32 Å². The van der Waals surface area contributed by atoms with E-state index in [1.165, 1.54) is 23.7 Å². The van der Waals surface area contributed by atoms with Gasteiger partial charge in [0, 0.05) is 23.5 Å². The van der Waals surface area contributed by atoms with Crippen LogP contribution in [0.15, 0.2) is 42.7 Å². The summed E-state index contributed by atoms with van der Waals surface area (Å²) in [5.41, 5.74) is 2.34. The van der Waals surface area contributed by atoms with Gasteiger partial charge in [0.1, 0.15) is 11.9 Å². The molecule has 166 valence electrons. The van der Waals surface area contributed by atoms with Gasteiger partial charge >= 0.3 is 0 Å². The summed E-state index contributed by atoms with van der Waals surface area (Å²) in [7, 11) is 0. The summed E-state index contributed by atoms with van der Waals surface area (Å²) in [4.78, 5) is 27.9. The normalized spacial score (nSPS) is 15.9. The molecular weight excluding hydrogens is 412 g/mol. The number of rotatable bonds is 6. The van der Waals surface area contributed by atoms with Crippen LogP contribution in [-0.4, -0.2) is 33.9 Å². The molecule has 6 nitrogen and oxygen atoms in total. The molecule has 0 aliphatic heterocycles. The quantitative estimate of drug-likeness (QED) is 0.666. The van der Waals surface area contributed by atoms with Crippen molar-refractivity contribution in [1.29, 1.82) is 0 Å². The molecule has 0 radical (unpaired) electrons. The molecule has 0 spiro atoms. The average molecular weight is 443 g/mol. The van der Waals surface area contributed by atoms with Crippen LogP contribution in [-0.2, 0) is 15.0 Å². The number of aromatic nitrogens is 2. The molecule has 7 heteroatoms. The second-order valence-corrected chi connectivity index (χ2v) is 9.38. The van der Waals surface area contributed by atoms with Crippen LogP contribution in [0.3, 0.4) is 0 Å². The first-order valence-electron chi connectivity index (χ1n) is 10.9. The molecule has 1 fully saturated rings. The minimum atomic E-state index is -0.871. The third-order valence-corrected chi connectivity index (χ3v) is 6.00. The van der Waals surface area contributed by atoms with E-state index in [4.69, 9.17) is 11.6 Å². The Morgan fingerprint density at radius 2 is 1.77 bits per heavy atom. The summed E-state index contributed by atoms with van der Waals surface area (Å²) in [5.74, 6) is -0.795. The molecule has 3 rings (SSSR count). The molecule has 1 unspecified atom stereocenters. The van der Waals surface area contributed by atoms with E-state index in [9.17, 15) is 9.59 Å². The minimum absolute atomic E-state index is 0.0212. The highest BCUT2D eigenvalue weighted by molar-refractivity contribution is 6.29. The number of carbonyl (C=O) groups excluding carboxylic acids is 2. The minimum Gasteiger partial charge on any atom is -0.351 e. The van der Waals surface area contributed by atoms with Crippen molar-refractivity contribution < 1.29 is 9.59 Å². The molecule has 1 N–H and O–H groups in total. The summed E-state index contributed by atoms with van der Waals surface area (Å²) in [6.07, 6.45) is 8.37. The molecule has 0 saturated heterocycles. The first-order valence-corrected chi connectivity index (χ1v) is 11.4. The smallest absolute Gasteiger partial charge is 0.248 e. The Bertz CT molecular complexity index is 875. The number of hydrogen-bond donors (Lipinski definition) is 1. The molecule has 2 amide bonds. The Balaban J connectivity index is 1.99. The number of benzene rings is 1. The van der Waals surface area contributed by atoms with E-state index in [1.807, 2.05) is 24.3 Å². The Kier molecular flexibility index (Phi) is 7.65. The van der Waals surface area contributed by atoms with Gasteiger partial charge in [-0.2, -0.15) is 10.2 Å². The number of hydrogen-bond acceptors (Lipinski definition) is 4. The lowest BCUT2D eigenvalue weighted by Crippen LogP contribution is -2.47. The molecule has 31 heavy (non-hydrogen) atoms. The fraction of sp³-hybridized carbons (Fsp3) is 0.500. The molecule has 1 aromatic heterocycles. The van der Waals surface area contributed by atoms with Gasteiger partial charge in [-0.1, -0.05) is 52.2 Å². The van der Waals surface area contributed by atoms with Crippen molar-refractivity contribution >= 4 is 29.1 Å². The molecule has 2 aromatic rings. The maximum Gasteiger partial charge on any atom is 0.248 e. The molecule has 0 bridgehead atoms. The maximum atomic E-state index is 13.5. The highest BCUT2D eigenvalue weighted by atomic mass is 35.5. The van der Waals surface area contributed by atoms with E-state index < -0.39 is 6.04 Å². The van der Waals surface area contributed by atoms with E-state index in [1.54, 1.807) is 6.07 Å². The second kappa shape index (κ2) is 10.2. The zero-order chi connectivity index (χ0) is 22.4. The monoisotopic (exact) mass is 442 g/mol. The summed E-state index contributed by atoms with van der Waals surface area (Å²) < 4.78 is 0. The average Bonchev–Trinajstić information content (AvgIpc) is 2.77. The number of nitrogens with zero attached hydrogens (tertiary/aromatic N) is 3. The third-order valence-electron chi connectivity index (χ3n) is 5.78. The van der Waals surface area contributed by atoms with Crippen LogP contribution in [0.25, 0.3) is 0 Å². The standard InChI is InChI=1S/C24H31ClN4O2/c1-24(2,3)18-9-11-20(12-10-18)29(21(30)15-25)22(17-13-14-26-27-16-17)23(31)28-19-7-5-4-6-8-19/h9-14,16,19,22H,4-8,15H2,1-3H3,(H,28,31). The van der Waals surface area contributed by atoms with E-state index in [-0.39, 0.29) is 29.2 Å². The topological polar surface area (TPSA) is 75.2 Å². The van der Waals surface area contributed by atoms with Crippen LogP contribution >= 0.6 is 11.6 Å². The van der Waals surface area contributed by atoms with E-state index >= 15 is 0 Å². The van der Waals surface area contributed by atoms with Crippen LogP contribution in [0.4, 0.5) is 5.69 Å². The Hall–Kier alpha value is -2.47. The summed E-state index contributed by atoms with van der Waals surface area (Å²) in [5, 5.41) is 10.9. The van der Waals surface area contributed by atoms with E-state index in [0.717, 1.165) is 31.2 Å². The summed E-state index contributed by atoms with van der Waals surface area (Å²) in [6.45, 7) is 6.40. The van der Waals surface area contributed by atoms with Crippen LogP contribution < -0.4 is 10.2 Å². The molecule has 1 aliphatic rings. The summed E-state index contributed by atoms with van der Waals surface area (Å²) >= 11 is 5.98. The predicted molar refractivity (Wildman–Crippen MR) is 123 cm³/mol. The highest BCUT2D eigenvalue weighted by Gasteiger charge is 2.34. The van der Waals surface area contributed by atoms with Crippen LogP contribution in [0.2, 0.25) is 0 Å². The number of amides is 2. The zero-order valence-corrected chi connectivity index (χ0v) is 19.2. The van der Waals surface area contributed by atoms with Crippen LogP contribution in [0, 0.1) is 0 Å². The highest BCUT2D eigenvalue weighted by Crippen LogP contribution is 2.31. The number of alkyl halides is 1. The lowest BCUT2D eigenvalue weighted by Gasteiger charge is -2.33. The molecule has 1 saturated carbocycles. The van der Waals surface area contributed by atoms with Gasteiger partial charge in [-0.3, -0.25) is 14.5 Å². The molecule has 1 aliphatic carbocycles. The first-order chi connectivity index (χ1) is 14.8. The largest absolute Gasteiger partial charge is 0.351 e. The zero-order valence-electron chi connectivity index (χ0n) is 18.5. The predicted octanol–water partition coefficient (Wildman–Crippen LogP) is 4.54. The molecular formula is C24H31ClN4O2. The third kappa shape index (κ3) is 5.82. The van der Waals surface area contributed by atoms with Crippen molar-refractivity contribution in [3.8, 4) is 0 Å². The molecule has 1 heterocycles. The van der Waals surface area contributed by atoms with E-state index in [2.05, 4.69) is 36.3 Å².